The fourth-order valence-electron chi connectivity index (χ4n) is 3.90. The van der Waals surface area contributed by atoms with E-state index in [-0.39, 0.29) is 11.6 Å². The molecule has 4 nitrogen and oxygen atoms in total. The molecule has 0 atom stereocenters. The topological polar surface area (TPSA) is 38.8 Å². The van der Waals surface area contributed by atoms with E-state index in [4.69, 9.17) is 9.47 Å². The lowest BCUT2D eigenvalue weighted by atomic mass is 10.0. The van der Waals surface area contributed by atoms with Gasteiger partial charge in [-0.3, -0.25) is 9.69 Å². The highest BCUT2D eigenvalue weighted by Crippen LogP contribution is 2.42. The maximum absolute atomic E-state index is 13.1. The molecular formula is C26H22FNO3. The molecule has 5 rings (SSSR count). The van der Waals surface area contributed by atoms with Crippen molar-refractivity contribution in [3.8, 4) is 11.5 Å². The van der Waals surface area contributed by atoms with Crippen LogP contribution in [-0.4, -0.2) is 24.0 Å². The number of carbonyl (C=O) groups is 1. The number of allylic oxidation sites excluding steroid dienone is 1. The van der Waals surface area contributed by atoms with Gasteiger partial charge in [0.1, 0.15) is 24.0 Å². The van der Waals surface area contributed by atoms with Gasteiger partial charge in [-0.2, -0.15) is 0 Å². The van der Waals surface area contributed by atoms with Crippen LogP contribution in [0.1, 0.15) is 32.6 Å². The van der Waals surface area contributed by atoms with Gasteiger partial charge in [0.25, 0.3) is 0 Å². The molecule has 3 aromatic carbocycles. The first kappa shape index (κ1) is 19.5. The number of nitrogens with zero attached hydrogens (tertiary/aromatic N) is 1. The van der Waals surface area contributed by atoms with E-state index < -0.39 is 0 Å². The summed E-state index contributed by atoms with van der Waals surface area (Å²) in [6, 6.07) is 18.1. The monoisotopic (exact) mass is 415 g/mol. The van der Waals surface area contributed by atoms with Crippen LogP contribution in [0, 0.1) is 12.7 Å². The zero-order valence-electron chi connectivity index (χ0n) is 17.2. The van der Waals surface area contributed by atoms with Crippen molar-refractivity contribution in [3.63, 3.8) is 0 Å². The average molecular weight is 415 g/mol. The van der Waals surface area contributed by atoms with E-state index in [2.05, 4.69) is 4.90 Å². The Bertz CT molecular complexity index is 1170. The Hall–Kier alpha value is -3.44. The molecule has 0 bridgehead atoms. The van der Waals surface area contributed by atoms with Crippen LogP contribution in [0.3, 0.4) is 0 Å². The first-order chi connectivity index (χ1) is 15.1. The summed E-state index contributed by atoms with van der Waals surface area (Å²) in [6.07, 6.45) is 2.57. The van der Waals surface area contributed by atoms with Crippen molar-refractivity contribution in [1.29, 1.82) is 0 Å². The SMILES string of the molecule is Cc1ccc(/C=C2\Oc3c(ccc4c3CN(CCc3ccc(F)cc3)CO4)C2=O)cc1. The van der Waals surface area contributed by atoms with Crippen molar-refractivity contribution in [1.82, 2.24) is 4.90 Å². The van der Waals surface area contributed by atoms with Gasteiger partial charge in [-0.05, 0) is 54.8 Å². The number of hydrogen-bond donors (Lipinski definition) is 0. The predicted molar refractivity (Wildman–Crippen MR) is 117 cm³/mol. The standard InChI is InChI=1S/C26H22FNO3/c1-17-2-4-19(5-3-17)14-24-25(29)21-10-11-23-22(26(21)31-24)15-28(16-30-23)13-12-18-6-8-20(27)9-7-18/h2-11,14H,12-13,15-16H2,1H3/b24-14-. The van der Waals surface area contributed by atoms with Gasteiger partial charge in [0.05, 0.1) is 11.1 Å². The van der Waals surface area contributed by atoms with Gasteiger partial charge in [0.2, 0.25) is 5.78 Å². The third kappa shape index (κ3) is 3.97. The number of ketones is 1. The van der Waals surface area contributed by atoms with Crippen LogP contribution in [0.2, 0.25) is 0 Å². The summed E-state index contributed by atoms with van der Waals surface area (Å²) in [7, 11) is 0. The van der Waals surface area contributed by atoms with Gasteiger partial charge < -0.3 is 9.47 Å². The van der Waals surface area contributed by atoms with Gasteiger partial charge >= 0.3 is 0 Å². The predicted octanol–water partition coefficient (Wildman–Crippen LogP) is 5.14. The molecule has 0 aromatic heterocycles. The Balaban J connectivity index is 1.35. The Kier molecular flexibility index (Phi) is 5.04. The van der Waals surface area contributed by atoms with Gasteiger partial charge in [0, 0.05) is 13.1 Å². The lowest BCUT2D eigenvalue weighted by Crippen LogP contribution is -2.33. The van der Waals surface area contributed by atoms with Crippen LogP contribution < -0.4 is 9.47 Å². The number of rotatable bonds is 4. The summed E-state index contributed by atoms with van der Waals surface area (Å²) < 4.78 is 25.1. The van der Waals surface area contributed by atoms with Gasteiger partial charge in [-0.1, -0.05) is 42.0 Å². The van der Waals surface area contributed by atoms with Crippen LogP contribution in [0.15, 0.2) is 66.4 Å². The molecule has 0 fully saturated rings. The maximum atomic E-state index is 13.1. The largest absolute Gasteiger partial charge is 0.478 e. The molecule has 0 saturated carbocycles. The van der Waals surface area contributed by atoms with Crippen LogP contribution in [-0.2, 0) is 13.0 Å². The number of carbonyl (C=O) groups excluding carboxylic acids is 1. The highest BCUT2D eigenvalue weighted by molar-refractivity contribution is 6.15. The molecule has 2 aliphatic rings. The average Bonchev–Trinajstić information content (AvgIpc) is 3.10. The molecule has 2 heterocycles. The van der Waals surface area contributed by atoms with Crippen LogP contribution >= 0.6 is 0 Å². The molecular weight excluding hydrogens is 393 g/mol. The smallest absolute Gasteiger partial charge is 0.231 e. The summed E-state index contributed by atoms with van der Waals surface area (Å²) >= 11 is 0. The van der Waals surface area contributed by atoms with Crippen LogP contribution in [0.25, 0.3) is 6.08 Å². The van der Waals surface area contributed by atoms with Crippen molar-refractivity contribution in [3.05, 3.63) is 100 Å². The summed E-state index contributed by atoms with van der Waals surface area (Å²) in [5, 5.41) is 0. The third-order valence-electron chi connectivity index (χ3n) is 5.69. The molecule has 2 aliphatic heterocycles. The summed E-state index contributed by atoms with van der Waals surface area (Å²) in [4.78, 5) is 15.0. The second kappa shape index (κ2) is 8.00. The Morgan fingerprint density at radius 1 is 1.03 bits per heavy atom. The number of hydrogen-bond acceptors (Lipinski definition) is 4. The first-order valence-electron chi connectivity index (χ1n) is 10.3. The molecule has 5 heteroatoms. The fourth-order valence-corrected chi connectivity index (χ4v) is 3.90. The van der Waals surface area contributed by atoms with E-state index in [0.29, 0.717) is 30.3 Å². The molecule has 0 amide bonds. The maximum Gasteiger partial charge on any atom is 0.231 e. The van der Waals surface area contributed by atoms with Gasteiger partial charge in [-0.25, -0.2) is 4.39 Å². The number of ether oxygens (including phenoxy) is 2. The summed E-state index contributed by atoms with van der Waals surface area (Å²) in [6.45, 7) is 3.88. The summed E-state index contributed by atoms with van der Waals surface area (Å²) in [5.74, 6) is 1.33. The third-order valence-corrected chi connectivity index (χ3v) is 5.69. The van der Waals surface area contributed by atoms with Crippen LogP contribution in [0.5, 0.6) is 11.5 Å². The lowest BCUT2D eigenvalue weighted by Gasteiger charge is -2.29. The molecule has 156 valence electrons. The van der Waals surface area contributed by atoms with Crippen molar-refractivity contribution in [2.45, 2.75) is 19.9 Å². The number of aryl methyl sites for hydroxylation is 1. The van der Waals surface area contributed by atoms with Crippen LogP contribution in [0.4, 0.5) is 4.39 Å². The minimum Gasteiger partial charge on any atom is -0.478 e. The fraction of sp³-hybridized carbons (Fsp3) is 0.192. The minimum absolute atomic E-state index is 0.109. The van der Waals surface area contributed by atoms with Crippen molar-refractivity contribution < 1.29 is 18.7 Å². The molecule has 31 heavy (non-hydrogen) atoms. The van der Waals surface area contributed by atoms with Crippen molar-refractivity contribution >= 4 is 11.9 Å². The highest BCUT2D eigenvalue weighted by atomic mass is 19.1. The quantitative estimate of drug-likeness (QED) is 0.553. The molecule has 0 saturated heterocycles. The van der Waals surface area contributed by atoms with Gasteiger partial charge in [-0.15, -0.1) is 0 Å². The van der Waals surface area contributed by atoms with Gasteiger partial charge in [0.15, 0.2) is 5.76 Å². The molecule has 0 radical (unpaired) electrons. The lowest BCUT2D eigenvalue weighted by molar-refractivity contribution is 0.0949. The minimum atomic E-state index is -0.231. The zero-order chi connectivity index (χ0) is 21.4. The number of halogens is 1. The molecule has 0 spiro atoms. The van der Waals surface area contributed by atoms with Crippen molar-refractivity contribution in [2.24, 2.45) is 0 Å². The second-order valence-corrected chi connectivity index (χ2v) is 7.97. The zero-order valence-corrected chi connectivity index (χ0v) is 17.2. The number of benzene rings is 3. The Morgan fingerprint density at radius 2 is 1.81 bits per heavy atom. The van der Waals surface area contributed by atoms with E-state index in [1.807, 2.05) is 37.3 Å². The molecule has 0 aliphatic carbocycles. The molecule has 3 aromatic rings. The van der Waals surface area contributed by atoms with E-state index >= 15 is 0 Å². The molecule has 0 N–H and O–H groups in total. The number of fused-ring (bicyclic) bond motifs is 3. The Labute approximate surface area is 180 Å². The number of Topliss-reactive ketones (excluding diaryl/α,β-unsaturated/α-hetero) is 1. The second-order valence-electron chi connectivity index (χ2n) is 7.97. The van der Waals surface area contributed by atoms with E-state index in [1.54, 1.807) is 24.3 Å². The van der Waals surface area contributed by atoms with E-state index in [1.165, 1.54) is 12.1 Å². The van der Waals surface area contributed by atoms with Crippen molar-refractivity contribution in [2.75, 3.05) is 13.3 Å². The Morgan fingerprint density at radius 3 is 2.58 bits per heavy atom. The normalized spacial score (nSPS) is 16.6. The highest BCUT2D eigenvalue weighted by Gasteiger charge is 2.33. The molecule has 0 unspecified atom stereocenters. The summed E-state index contributed by atoms with van der Waals surface area (Å²) in [5.41, 5.74) is 4.62. The van der Waals surface area contributed by atoms with E-state index in [0.717, 1.165) is 41.0 Å². The van der Waals surface area contributed by atoms with E-state index in [9.17, 15) is 9.18 Å². The first-order valence-corrected chi connectivity index (χ1v) is 10.3.